The molecule has 280 valence electrons. The summed E-state index contributed by atoms with van der Waals surface area (Å²) in [6, 6.07) is 75.2. The Hall–Kier alpha value is -6.96. The molecule has 0 fully saturated rings. The van der Waals surface area contributed by atoms with Crippen LogP contribution in [0.3, 0.4) is 0 Å². The van der Waals surface area contributed by atoms with Crippen LogP contribution in [0.4, 0.5) is 17.1 Å². The van der Waals surface area contributed by atoms with Gasteiger partial charge in [0.1, 0.15) is 0 Å². The molecule has 0 radical (unpaired) electrons. The zero-order chi connectivity index (χ0) is 39.3. The number of hydrogen-bond donors (Lipinski definition) is 0. The first-order valence-corrected chi connectivity index (χ1v) is 21.1. The Morgan fingerprint density at radius 1 is 0.407 bits per heavy atom. The molecule has 1 atom stereocenters. The van der Waals surface area contributed by atoms with E-state index in [1.165, 1.54) is 88.7 Å². The minimum absolute atomic E-state index is 0.125. The molecule has 0 aliphatic heterocycles. The number of anilines is 3. The second-order valence-electron chi connectivity index (χ2n) is 17.2. The summed E-state index contributed by atoms with van der Waals surface area (Å²) in [6.45, 7) is 4.77. The molecule has 9 aromatic rings. The fourth-order valence-corrected chi connectivity index (χ4v) is 11.4. The molecule has 1 spiro atoms. The smallest absolute Gasteiger partial charge is 0.0540 e. The highest BCUT2D eigenvalue weighted by molar-refractivity contribution is 6.02. The number of hydrogen-bond acceptors (Lipinski definition) is 1. The number of benzene rings is 9. The molecule has 1 unspecified atom stereocenters. The van der Waals surface area contributed by atoms with Crippen molar-refractivity contribution in [2.75, 3.05) is 4.90 Å². The molecule has 9 aromatic carbocycles. The van der Waals surface area contributed by atoms with E-state index in [-0.39, 0.29) is 10.8 Å². The molecule has 0 saturated carbocycles. The van der Waals surface area contributed by atoms with Crippen LogP contribution in [0.25, 0.3) is 55.3 Å². The average Bonchev–Trinajstić information content (AvgIpc) is 3.90. The second kappa shape index (κ2) is 12.8. The number of aryl methyl sites for hydroxylation is 1. The first-order chi connectivity index (χ1) is 29.0. The van der Waals surface area contributed by atoms with E-state index in [2.05, 4.69) is 219 Å². The maximum Gasteiger partial charge on any atom is 0.0540 e. The highest BCUT2D eigenvalue weighted by atomic mass is 15.1. The topological polar surface area (TPSA) is 3.24 Å². The van der Waals surface area contributed by atoms with Crippen LogP contribution in [0.15, 0.2) is 200 Å². The Balaban J connectivity index is 1.10. The van der Waals surface area contributed by atoms with E-state index in [4.69, 9.17) is 0 Å². The predicted molar refractivity (Wildman–Crippen MR) is 247 cm³/mol. The van der Waals surface area contributed by atoms with Crippen molar-refractivity contribution in [2.24, 2.45) is 0 Å². The van der Waals surface area contributed by atoms with Crippen molar-refractivity contribution in [3.8, 4) is 44.5 Å². The Morgan fingerprint density at radius 3 is 1.88 bits per heavy atom. The quantitative estimate of drug-likeness (QED) is 0.169. The van der Waals surface area contributed by atoms with Crippen LogP contribution in [-0.2, 0) is 17.3 Å². The van der Waals surface area contributed by atoms with E-state index in [0.29, 0.717) is 0 Å². The summed E-state index contributed by atoms with van der Waals surface area (Å²) in [5, 5.41) is 2.50. The van der Waals surface area contributed by atoms with Gasteiger partial charge in [-0.1, -0.05) is 184 Å². The molecule has 0 heterocycles. The lowest BCUT2D eigenvalue weighted by Crippen LogP contribution is -2.24. The lowest BCUT2D eigenvalue weighted by Gasteiger charge is -2.32. The van der Waals surface area contributed by atoms with Crippen LogP contribution >= 0.6 is 0 Å². The van der Waals surface area contributed by atoms with Crippen molar-refractivity contribution in [1.29, 1.82) is 0 Å². The van der Waals surface area contributed by atoms with Crippen LogP contribution in [0.2, 0.25) is 0 Å². The molecule has 3 aliphatic rings. The summed E-state index contributed by atoms with van der Waals surface area (Å²) < 4.78 is 0. The van der Waals surface area contributed by atoms with E-state index in [1.807, 2.05) is 0 Å². The summed E-state index contributed by atoms with van der Waals surface area (Å²) in [4.78, 5) is 2.53. The Bertz CT molecular complexity index is 3160. The molecule has 1 nitrogen and oxygen atoms in total. The monoisotopic (exact) mass is 753 g/mol. The van der Waals surface area contributed by atoms with Gasteiger partial charge in [-0.2, -0.15) is 0 Å². The molecule has 0 amide bonds. The normalized spacial score (nSPS) is 16.4. The Morgan fingerprint density at radius 2 is 1.00 bits per heavy atom. The van der Waals surface area contributed by atoms with Gasteiger partial charge >= 0.3 is 0 Å². The highest BCUT2D eigenvalue weighted by Gasteiger charge is 2.48. The lowest BCUT2D eigenvalue weighted by molar-refractivity contribution is 0.626. The average molecular weight is 754 g/mol. The van der Waals surface area contributed by atoms with Crippen molar-refractivity contribution in [2.45, 2.75) is 37.5 Å². The van der Waals surface area contributed by atoms with Gasteiger partial charge < -0.3 is 4.90 Å². The summed E-state index contributed by atoms with van der Waals surface area (Å²) in [6.07, 6.45) is 2.14. The van der Waals surface area contributed by atoms with Crippen molar-refractivity contribution in [3.63, 3.8) is 0 Å². The summed E-state index contributed by atoms with van der Waals surface area (Å²) >= 11 is 0. The SMILES string of the molecule is CC1(C)c2ccccc2-c2cccc(-c3cccc(N(c4ccc5c(c4)C4(CCc6ccccc64)c4ccccc4-5)c4ccccc4-c4cccc5ccccc45)c3)c21. The van der Waals surface area contributed by atoms with Crippen LogP contribution in [0.1, 0.15) is 53.6 Å². The summed E-state index contributed by atoms with van der Waals surface area (Å²) in [5.74, 6) is 0. The largest absolute Gasteiger partial charge is 0.310 e. The van der Waals surface area contributed by atoms with Crippen molar-refractivity contribution < 1.29 is 0 Å². The van der Waals surface area contributed by atoms with Gasteiger partial charge in [0.2, 0.25) is 0 Å². The summed E-state index contributed by atoms with van der Waals surface area (Å²) in [7, 11) is 0. The van der Waals surface area contributed by atoms with Gasteiger partial charge in [-0.3, -0.25) is 0 Å². The minimum Gasteiger partial charge on any atom is -0.310 e. The molecule has 12 rings (SSSR count). The molecule has 1 heteroatoms. The third-order valence-electron chi connectivity index (χ3n) is 13.9. The second-order valence-corrected chi connectivity index (χ2v) is 17.2. The number of para-hydroxylation sites is 1. The molecular formula is C58H43N. The van der Waals surface area contributed by atoms with Crippen LogP contribution in [0, 0.1) is 0 Å². The Labute approximate surface area is 346 Å². The van der Waals surface area contributed by atoms with Crippen LogP contribution < -0.4 is 4.90 Å². The Kier molecular flexibility index (Phi) is 7.38. The lowest BCUT2D eigenvalue weighted by atomic mass is 9.73. The third kappa shape index (κ3) is 4.85. The van der Waals surface area contributed by atoms with E-state index in [1.54, 1.807) is 0 Å². The van der Waals surface area contributed by atoms with Gasteiger partial charge in [-0.15, -0.1) is 0 Å². The molecule has 0 bridgehead atoms. The van der Waals surface area contributed by atoms with Gasteiger partial charge in [0.25, 0.3) is 0 Å². The van der Waals surface area contributed by atoms with Crippen LogP contribution in [-0.4, -0.2) is 0 Å². The third-order valence-corrected chi connectivity index (χ3v) is 13.9. The zero-order valence-electron chi connectivity index (χ0n) is 33.4. The molecule has 3 aliphatic carbocycles. The van der Waals surface area contributed by atoms with Crippen LogP contribution in [0.5, 0.6) is 0 Å². The van der Waals surface area contributed by atoms with E-state index >= 15 is 0 Å². The van der Waals surface area contributed by atoms with E-state index in [9.17, 15) is 0 Å². The fourth-order valence-electron chi connectivity index (χ4n) is 11.4. The van der Waals surface area contributed by atoms with Crippen molar-refractivity contribution >= 4 is 27.8 Å². The van der Waals surface area contributed by atoms with Crippen molar-refractivity contribution in [1.82, 2.24) is 0 Å². The molecule has 0 aromatic heterocycles. The van der Waals surface area contributed by atoms with Gasteiger partial charge in [-0.25, -0.2) is 0 Å². The molecular weight excluding hydrogens is 711 g/mol. The summed E-state index contributed by atoms with van der Waals surface area (Å²) in [5.41, 5.74) is 22.0. The van der Waals surface area contributed by atoms with E-state index in [0.717, 1.165) is 29.9 Å². The minimum atomic E-state index is -0.188. The van der Waals surface area contributed by atoms with Gasteiger partial charge in [-0.05, 0) is 126 Å². The van der Waals surface area contributed by atoms with Gasteiger partial charge in [0.15, 0.2) is 0 Å². The van der Waals surface area contributed by atoms with Crippen molar-refractivity contribution in [3.05, 3.63) is 234 Å². The van der Waals surface area contributed by atoms with Gasteiger partial charge in [0.05, 0.1) is 5.69 Å². The maximum atomic E-state index is 2.53. The van der Waals surface area contributed by atoms with Gasteiger partial charge in [0, 0.05) is 27.8 Å². The van der Waals surface area contributed by atoms with E-state index < -0.39 is 0 Å². The molecule has 59 heavy (non-hydrogen) atoms. The number of fused-ring (bicyclic) bond motifs is 11. The standard InChI is InChI=1S/C58H43N/c1-57(2)52-29-10-6-23-47(52)50-27-15-25-44(56(50)57)40-19-13-20-41(36-40)59(55-31-12-8-24-49(55)45-26-14-18-38-16-3-5-21-43(38)45)42-32-33-48-46-22-7-11-30-53(46)58(54(48)37-42)35-34-39-17-4-9-28-51(39)58/h3-33,36-37H,34-35H2,1-2H3. The number of nitrogens with zero attached hydrogens (tertiary/aromatic N) is 1. The zero-order valence-corrected chi connectivity index (χ0v) is 33.4. The molecule has 0 N–H and O–H groups in total. The number of rotatable bonds is 5. The first kappa shape index (κ1) is 34.1. The fraction of sp³-hybridized carbons (Fsp3) is 0.103. The molecule has 0 saturated heterocycles. The first-order valence-electron chi connectivity index (χ1n) is 21.1. The maximum absolute atomic E-state index is 2.53. The highest BCUT2D eigenvalue weighted by Crippen LogP contribution is 2.60. The predicted octanol–water partition coefficient (Wildman–Crippen LogP) is 15.2.